The van der Waals surface area contributed by atoms with Crippen LogP contribution in [0.15, 0.2) is 96.6 Å². The maximum atomic E-state index is 10.5. The molecule has 244 valence electrons. The van der Waals surface area contributed by atoms with Gasteiger partial charge in [-0.3, -0.25) is 0 Å². The summed E-state index contributed by atoms with van der Waals surface area (Å²) >= 11 is 0. The molecule has 4 atom stereocenters. The van der Waals surface area contributed by atoms with Crippen LogP contribution in [0.5, 0.6) is 17.2 Å². The Labute approximate surface area is 272 Å². The summed E-state index contributed by atoms with van der Waals surface area (Å²) in [4.78, 5) is 0. The van der Waals surface area contributed by atoms with E-state index in [-0.39, 0.29) is 42.4 Å². The first-order valence-corrected chi connectivity index (χ1v) is 16.3. The normalized spacial score (nSPS) is 21.3. The third-order valence-corrected chi connectivity index (χ3v) is 9.13. The molecule has 0 saturated carbocycles. The van der Waals surface area contributed by atoms with Crippen LogP contribution in [-0.4, -0.2) is 69.2 Å². The Morgan fingerprint density at radius 2 is 1.13 bits per heavy atom. The van der Waals surface area contributed by atoms with Crippen LogP contribution in [0.3, 0.4) is 0 Å². The number of ether oxygens (including phenoxy) is 6. The van der Waals surface area contributed by atoms with E-state index in [4.69, 9.17) is 28.4 Å². The molecule has 1 aliphatic carbocycles. The Kier molecular flexibility index (Phi) is 9.85. The average Bonchev–Trinajstić information content (AvgIpc) is 4.01. The predicted octanol–water partition coefficient (Wildman–Crippen LogP) is 6.56. The molecule has 2 aliphatic heterocycles. The summed E-state index contributed by atoms with van der Waals surface area (Å²) in [6.45, 7) is 12.0. The van der Waals surface area contributed by atoms with Crippen LogP contribution in [0.2, 0.25) is 0 Å². The van der Waals surface area contributed by atoms with E-state index in [0.29, 0.717) is 24.7 Å². The lowest BCUT2D eigenvalue weighted by Crippen LogP contribution is -2.25. The van der Waals surface area contributed by atoms with Crippen molar-refractivity contribution < 1.29 is 33.5 Å². The van der Waals surface area contributed by atoms with E-state index in [9.17, 15) is 5.11 Å². The van der Waals surface area contributed by atoms with Gasteiger partial charge in [0.2, 0.25) is 0 Å². The Hall–Kier alpha value is -3.62. The van der Waals surface area contributed by atoms with E-state index in [1.807, 2.05) is 36.4 Å². The number of rotatable bonds is 16. The molecule has 0 radical (unpaired) electrons. The summed E-state index contributed by atoms with van der Waals surface area (Å²) in [5, 5.41) is 10.5. The van der Waals surface area contributed by atoms with E-state index in [1.165, 1.54) is 22.3 Å². The number of hydrogen-bond acceptors (Lipinski definition) is 7. The maximum absolute atomic E-state index is 10.5. The number of aliphatic hydroxyl groups excluding tert-OH is 1. The lowest BCUT2D eigenvalue weighted by molar-refractivity contribution is 0.0626. The van der Waals surface area contributed by atoms with E-state index in [0.717, 1.165) is 25.4 Å². The number of hydrogen-bond donors (Lipinski definition) is 1. The second kappa shape index (κ2) is 14.0. The molecule has 6 rings (SSSR count). The van der Waals surface area contributed by atoms with Gasteiger partial charge in [0, 0.05) is 10.8 Å². The number of allylic oxidation sites excluding steroid dienone is 2. The molecule has 1 N–H and O–H groups in total. The van der Waals surface area contributed by atoms with Crippen LogP contribution in [0.25, 0.3) is 0 Å². The SMILES string of the molecule is CC(C)(C1=CC[C@H](OCC2CO2)C=C1)c1ccc(OC[C@H](O)COc2ccc(C(C)(C)c3ccc(OCC4CO4)cc3)cc2)cc1. The van der Waals surface area contributed by atoms with Crippen molar-refractivity contribution in [2.75, 3.05) is 39.6 Å². The van der Waals surface area contributed by atoms with Crippen molar-refractivity contribution in [1.29, 1.82) is 0 Å². The van der Waals surface area contributed by atoms with Gasteiger partial charge in [-0.25, -0.2) is 0 Å². The van der Waals surface area contributed by atoms with Gasteiger partial charge in [0.25, 0.3) is 0 Å². The Bertz CT molecular complexity index is 1480. The third-order valence-electron chi connectivity index (χ3n) is 9.13. The van der Waals surface area contributed by atoms with Crippen molar-refractivity contribution in [2.45, 2.75) is 69.4 Å². The highest BCUT2D eigenvalue weighted by molar-refractivity contribution is 5.44. The average molecular weight is 627 g/mol. The topological polar surface area (TPSA) is 82.2 Å². The molecule has 2 unspecified atom stereocenters. The minimum Gasteiger partial charge on any atom is -0.491 e. The molecule has 2 saturated heterocycles. The van der Waals surface area contributed by atoms with Crippen LogP contribution in [0, 0.1) is 0 Å². The van der Waals surface area contributed by atoms with Crippen molar-refractivity contribution in [3.63, 3.8) is 0 Å². The lowest BCUT2D eigenvalue weighted by atomic mass is 9.75. The van der Waals surface area contributed by atoms with Crippen molar-refractivity contribution in [2.24, 2.45) is 0 Å². The third kappa shape index (κ3) is 8.39. The van der Waals surface area contributed by atoms with E-state index in [2.05, 4.69) is 82.3 Å². The first kappa shape index (κ1) is 32.3. The Balaban J connectivity index is 0.939. The molecular weight excluding hydrogens is 580 g/mol. The molecule has 3 aromatic carbocycles. The van der Waals surface area contributed by atoms with Gasteiger partial charge in [-0.05, 0) is 65.1 Å². The summed E-state index contributed by atoms with van der Waals surface area (Å²) in [7, 11) is 0. The van der Waals surface area contributed by atoms with E-state index < -0.39 is 6.10 Å². The van der Waals surface area contributed by atoms with Gasteiger partial charge < -0.3 is 33.5 Å². The van der Waals surface area contributed by atoms with Gasteiger partial charge >= 0.3 is 0 Å². The summed E-state index contributed by atoms with van der Waals surface area (Å²) in [6, 6.07) is 24.4. The van der Waals surface area contributed by atoms with Crippen LogP contribution >= 0.6 is 0 Å². The Morgan fingerprint density at radius 3 is 1.59 bits per heavy atom. The van der Waals surface area contributed by atoms with E-state index in [1.54, 1.807) is 0 Å². The number of benzene rings is 3. The predicted molar refractivity (Wildman–Crippen MR) is 178 cm³/mol. The number of aliphatic hydroxyl groups is 1. The monoisotopic (exact) mass is 626 g/mol. The fraction of sp³-hybridized carbons (Fsp3) is 0.436. The zero-order chi connectivity index (χ0) is 32.1. The molecule has 2 heterocycles. The van der Waals surface area contributed by atoms with Crippen molar-refractivity contribution >= 4 is 0 Å². The first-order chi connectivity index (χ1) is 22.2. The zero-order valence-corrected chi connectivity index (χ0v) is 27.3. The second-order valence-corrected chi connectivity index (χ2v) is 13.4. The standard InChI is InChI=1S/C39H46O7/c1-38(2,29-9-17-34(18-10-29)43-23-36-25-45-36)27-5-13-32(14-6-27)41-21-31(40)22-42-33-15-7-28(8-16-33)39(3,4)30-11-19-35(20-12-30)44-24-37-26-46-37/h5-19,31,35-37,40H,20-26H2,1-4H3/t31-,35-,36?,37?/m1/s1. The van der Waals surface area contributed by atoms with Crippen LogP contribution in [-0.2, 0) is 25.0 Å². The molecule has 2 fully saturated rings. The Morgan fingerprint density at radius 1 is 0.674 bits per heavy atom. The summed E-state index contributed by atoms with van der Waals surface area (Å²) in [5.74, 6) is 2.27. The number of epoxide rings is 2. The smallest absolute Gasteiger partial charge is 0.122 e. The largest absolute Gasteiger partial charge is 0.491 e. The maximum Gasteiger partial charge on any atom is 0.122 e. The molecule has 7 nitrogen and oxygen atoms in total. The summed E-state index contributed by atoms with van der Waals surface area (Å²) in [6.07, 6.45) is 7.35. The van der Waals surface area contributed by atoms with Gasteiger partial charge in [0.1, 0.15) is 55.4 Å². The minimum atomic E-state index is -0.765. The highest BCUT2D eigenvalue weighted by Gasteiger charge is 2.28. The molecule has 3 aliphatic rings. The van der Waals surface area contributed by atoms with Crippen LogP contribution in [0.4, 0.5) is 0 Å². The lowest BCUT2D eigenvalue weighted by Gasteiger charge is -2.30. The molecule has 0 aromatic heterocycles. The summed E-state index contributed by atoms with van der Waals surface area (Å²) < 4.78 is 33.9. The first-order valence-electron chi connectivity index (χ1n) is 16.3. The van der Waals surface area contributed by atoms with Crippen molar-refractivity contribution in [1.82, 2.24) is 0 Å². The second-order valence-electron chi connectivity index (χ2n) is 13.4. The van der Waals surface area contributed by atoms with Crippen LogP contribution in [0.1, 0.15) is 50.8 Å². The van der Waals surface area contributed by atoms with Gasteiger partial charge in [-0.1, -0.05) is 82.3 Å². The van der Waals surface area contributed by atoms with Gasteiger partial charge in [-0.15, -0.1) is 0 Å². The highest BCUT2D eigenvalue weighted by Crippen LogP contribution is 2.36. The molecule has 0 amide bonds. The fourth-order valence-corrected chi connectivity index (χ4v) is 5.61. The van der Waals surface area contributed by atoms with Crippen molar-refractivity contribution in [3.05, 3.63) is 113 Å². The molecule has 0 bridgehead atoms. The molecule has 0 spiro atoms. The highest BCUT2D eigenvalue weighted by atomic mass is 16.6. The molecule has 3 aromatic rings. The summed E-state index contributed by atoms with van der Waals surface area (Å²) in [5.41, 5.74) is 4.49. The molecule has 7 heteroatoms. The fourth-order valence-electron chi connectivity index (χ4n) is 5.61. The molecular formula is C39H46O7. The molecule has 46 heavy (non-hydrogen) atoms. The van der Waals surface area contributed by atoms with Gasteiger partial charge in [0.05, 0.1) is 25.9 Å². The van der Waals surface area contributed by atoms with Crippen LogP contribution < -0.4 is 14.2 Å². The van der Waals surface area contributed by atoms with Gasteiger partial charge in [0.15, 0.2) is 0 Å². The van der Waals surface area contributed by atoms with Gasteiger partial charge in [-0.2, -0.15) is 0 Å². The quantitative estimate of drug-likeness (QED) is 0.181. The zero-order valence-electron chi connectivity index (χ0n) is 27.3. The minimum absolute atomic E-state index is 0.115. The van der Waals surface area contributed by atoms with Crippen molar-refractivity contribution in [3.8, 4) is 17.2 Å². The van der Waals surface area contributed by atoms with E-state index >= 15 is 0 Å².